The van der Waals surface area contributed by atoms with Crippen LogP contribution >= 0.6 is 0 Å². The third-order valence-corrected chi connectivity index (χ3v) is 1.71. The minimum absolute atomic E-state index is 0.102. The zero-order valence-corrected chi connectivity index (χ0v) is 7.76. The molecule has 0 saturated carbocycles. The number of carbonyl (C=O) groups is 1. The van der Waals surface area contributed by atoms with Gasteiger partial charge in [-0.1, -0.05) is 0 Å². The van der Waals surface area contributed by atoms with Gasteiger partial charge in [0.2, 0.25) is 5.91 Å². The van der Waals surface area contributed by atoms with Gasteiger partial charge in [0.25, 0.3) is 0 Å². The Kier molecular flexibility index (Phi) is 2.69. The molecule has 0 bridgehead atoms. The van der Waals surface area contributed by atoms with Crippen molar-refractivity contribution in [3.63, 3.8) is 0 Å². The first-order chi connectivity index (χ1) is 5.47. The molecule has 4 nitrogen and oxygen atoms in total. The molecule has 0 aromatic heterocycles. The molecule has 1 aliphatic heterocycles. The van der Waals surface area contributed by atoms with Gasteiger partial charge in [-0.3, -0.25) is 10.2 Å². The van der Waals surface area contributed by atoms with Gasteiger partial charge in [0.1, 0.15) is 0 Å². The topological polar surface area (TPSA) is 58.4 Å². The first-order valence-electron chi connectivity index (χ1n) is 4.31. The van der Waals surface area contributed by atoms with Crippen LogP contribution in [-0.2, 0) is 4.79 Å². The van der Waals surface area contributed by atoms with Crippen molar-refractivity contribution in [3.05, 3.63) is 0 Å². The van der Waals surface area contributed by atoms with Gasteiger partial charge in [0.15, 0.2) is 0 Å². The Balaban J connectivity index is 2.37. The van der Waals surface area contributed by atoms with Crippen LogP contribution < -0.4 is 11.2 Å². The summed E-state index contributed by atoms with van der Waals surface area (Å²) in [5.41, 5.74) is 8.36. The minimum Gasteiger partial charge on any atom is -0.324 e. The van der Waals surface area contributed by atoms with Crippen molar-refractivity contribution in [2.24, 2.45) is 5.73 Å². The number of nitrogens with one attached hydrogen (secondary N) is 1. The number of hydrogen-bond acceptors (Lipinski definition) is 3. The number of amides is 1. The molecule has 0 aromatic rings. The predicted molar refractivity (Wildman–Crippen MR) is 47.2 cm³/mol. The maximum absolute atomic E-state index is 11.0. The molecule has 1 heterocycles. The molecule has 12 heavy (non-hydrogen) atoms. The van der Waals surface area contributed by atoms with E-state index >= 15 is 0 Å². The second-order valence-electron chi connectivity index (χ2n) is 4.05. The Bertz CT molecular complexity index is 174. The van der Waals surface area contributed by atoms with Crippen LogP contribution in [-0.4, -0.2) is 29.5 Å². The molecule has 0 radical (unpaired) electrons. The molecule has 1 saturated heterocycles. The molecule has 0 atom stereocenters. The average molecular weight is 171 g/mol. The van der Waals surface area contributed by atoms with Crippen LogP contribution in [0.3, 0.4) is 0 Å². The van der Waals surface area contributed by atoms with Gasteiger partial charge >= 0.3 is 0 Å². The predicted octanol–water partition coefficient (Wildman–Crippen LogP) is -0.149. The Morgan fingerprint density at radius 2 is 2.33 bits per heavy atom. The second-order valence-corrected chi connectivity index (χ2v) is 4.05. The Morgan fingerprint density at radius 1 is 1.67 bits per heavy atom. The Morgan fingerprint density at radius 3 is 2.83 bits per heavy atom. The molecule has 3 N–H and O–H groups in total. The molecule has 70 valence electrons. The maximum atomic E-state index is 11.0. The fourth-order valence-electron chi connectivity index (χ4n) is 1.33. The van der Waals surface area contributed by atoms with Crippen LogP contribution in [0.1, 0.15) is 26.7 Å². The van der Waals surface area contributed by atoms with Crippen LogP contribution in [0.2, 0.25) is 0 Å². The third-order valence-electron chi connectivity index (χ3n) is 1.71. The van der Waals surface area contributed by atoms with E-state index in [1.807, 2.05) is 18.9 Å². The van der Waals surface area contributed by atoms with Crippen LogP contribution in [0.5, 0.6) is 0 Å². The van der Waals surface area contributed by atoms with Gasteiger partial charge in [-0.25, -0.2) is 5.01 Å². The number of carbonyl (C=O) groups excluding carboxylic acids is 1. The highest BCUT2D eigenvalue weighted by Gasteiger charge is 2.21. The summed E-state index contributed by atoms with van der Waals surface area (Å²) in [5, 5.41) is 1.89. The van der Waals surface area contributed by atoms with E-state index in [2.05, 4.69) is 5.43 Å². The summed E-state index contributed by atoms with van der Waals surface area (Å²) >= 11 is 0. The van der Waals surface area contributed by atoms with Crippen LogP contribution in [0, 0.1) is 0 Å². The van der Waals surface area contributed by atoms with Crippen molar-refractivity contribution >= 4 is 5.91 Å². The van der Waals surface area contributed by atoms with E-state index in [9.17, 15) is 4.79 Å². The van der Waals surface area contributed by atoms with Gasteiger partial charge < -0.3 is 5.73 Å². The molecule has 1 rings (SSSR count). The quantitative estimate of drug-likeness (QED) is 0.607. The summed E-state index contributed by atoms with van der Waals surface area (Å²) < 4.78 is 0. The van der Waals surface area contributed by atoms with Crippen molar-refractivity contribution in [1.82, 2.24) is 10.4 Å². The second kappa shape index (κ2) is 3.41. The fraction of sp³-hybridized carbons (Fsp3) is 0.875. The first kappa shape index (κ1) is 9.48. The van der Waals surface area contributed by atoms with Crippen molar-refractivity contribution < 1.29 is 4.79 Å². The first-order valence-corrected chi connectivity index (χ1v) is 4.31. The molecular weight excluding hydrogens is 154 g/mol. The average Bonchev–Trinajstić information content (AvgIpc) is 1.82. The molecule has 0 aromatic carbocycles. The molecule has 0 unspecified atom stereocenters. The number of nitrogens with two attached hydrogens (primary N) is 1. The van der Waals surface area contributed by atoms with Gasteiger partial charge in [-0.15, -0.1) is 0 Å². The normalized spacial score (nSPS) is 20.8. The fourth-order valence-corrected chi connectivity index (χ4v) is 1.33. The number of rotatable bonds is 2. The minimum atomic E-state index is -0.245. The lowest BCUT2D eigenvalue weighted by Gasteiger charge is -2.32. The van der Waals surface area contributed by atoms with E-state index in [0.29, 0.717) is 13.0 Å². The van der Waals surface area contributed by atoms with Crippen molar-refractivity contribution in [2.45, 2.75) is 32.2 Å². The van der Waals surface area contributed by atoms with E-state index in [1.165, 1.54) is 0 Å². The van der Waals surface area contributed by atoms with Crippen molar-refractivity contribution in [1.29, 1.82) is 0 Å². The largest absolute Gasteiger partial charge is 0.324 e. The molecule has 0 spiro atoms. The molecule has 0 aliphatic carbocycles. The molecular formula is C8H17N3O. The molecule has 1 fully saturated rings. The van der Waals surface area contributed by atoms with Crippen LogP contribution in [0.4, 0.5) is 0 Å². The SMILES string of the molecule is CC(C)(N)CN1CCCC(=O)N1. The van der Waals surface area contributed by atoms with E-state index < -0.39 is 0 Å². The highest BCUT2D eigenvalue weighted by molar-refractivity contribution is 5.75. The highest BCUT2D eigenvalue weighted by Crippen LogP contribution is 2.05. The Labute approximate surface area is 73.1 Å². The van der Waals surface area contributed by atoms with Gasteiger partial charge in [-0.05, 0) is 20.3 Å². The number of nitrogens with zero attached hydrogens (tertiary/aromatic N) is 1. The molecule has 1 aliphatic rings. The van der Waals surface area contributed by atoms with E-state index in [0.717, 1.165) is 13.0 Å². The standard InChI is InChI=1S/C8H17N3O/c1-8(2,9)6-11-5-3-4-7(12)10-11/h3-6,9H2,1-2H3,(H,10,12). The highest BCUT2D eigenvalue weighted by atomic mass is 16.2. The summed E-state index contributed by atoms with van der Waals surface area (Å²) in [4.78, 5) is 11.0. The smallest absolute Gasteiger partial charge is 0.234 e. The lowest BCUT2D eigenvalue weighted by atomic mass is 10.1. The summed E-state index contributed by atoms with van der Waals surface area (Å²) in [5.74, 6) is 0.102. The zero-order valence-electron chi connectivity index (χ0n) is 7.76. The van der Waals surface area contributed by atoms with Crippen molar-refractivity contribution in [3.8, 4) is 0 Å². The van der Waals surface area contributed by atoms with Gasteiger partial charge in [0, 0.05) is 25.0 Å². The summed E-state index contributed by atoms with van der Waals surface area (Å²) in [6.07, 6.45) is 1.57. The summed E-state index contributed by atoms with van der Waals surface area (Å²) in [7, 11) is 0. The van der Waals surface area contributed by atoms with Crippen LogP contribution in [0.15, 0.2) is 0 Å². The lowest BCUT2D eigenvalue weighted by molar-refractivity contribution is -0.129. The maximum Gasteiger partial charge on any atom is 0.234 e. The monoisotopic (exact) mass is 171 g/mol. The van der Waals surface area contributed by atoms with E-state index in [1.54, 1.807) is 0 Å². The Hall–Kier alpha value is -0.610. The van der Waals surface area contributed by atoms with Gasteiger partial charge in [-0.2, -0.15) is 0 Å². The van der Waals surface area contributed by atoms with Crippen LogP contribution in [0.25, 0.3) is 0 Å². The van der Waals surface area contributed by atoms with Crippen molar-refractivity contribution in [2.75, 3.05) is 13.1 Å². The molecule has 4 heteroatoms. The lowest BCUT2D eigenvalue weighted by Crippen LogP contribution is -2.54. The number of hydrogen-bond donors (Lipinski definition) is 2. The summed E-state index contributed by atoms with van der Waals surface area (Å²) in [6.45, 7) is 5.52. The van der Waals surface area contributed by atoms with E-state index in [4.69, 9.17) is 5.73 Å². The number of hydrazine groups is 1. The van der Waals surface area contributed by atoms with E-state index in [-0.39, 0.29) is 11.4 Å². The van der Waals surface area contributed by atoms with Gasteiger partial charge in [0.05, 0.1) is 0 Å². The third kappa shape index (κ3) is 3.19. The zero-order chi connectivity index (χ0) is 9.19. The molecule has 1 amide bonds. The summed E-state index contributed by atoms with van der Waals surface area (Å²) in [6, 6.07) is 0.